The Balaban J connectivity index is 1.63. The second-order valence-electron chi connectivity index (χ2n) is 10.4. The van der Waals surface area contributed by atoms with E-state index in [4.69, 9.17) is 0 Å². The Morgan fingerprint density at radius 2 is 1.94 bits per heavy atom. The van der Waals surface area contributed by atoms with E-state index in [1.807, 2.05) is 48.2 Å². The predicted molar refractivity (Wildman–Crippen MR) is 137 cm³/mol. The fraction of sp³-hybridized carbons (Fsp3) is 0.414. The van der Waals surface area contributed by atoms with Gasteiger partial charge in [-0.25, -0.2) is 0 Å². The van der Waals surface area contributed by atoms with Crippen LogP contribution < -0.4 is 5.32 Å². The lowest BCUT2D eigenvalue weighted by atomic mass is 9.77. The summed E-state index contributed by atoms with van der Waals surface area (Å²) >= 11 is 0. The zero-order valence-electron chi connectivity index (χ0n) is 20.6. The summed E-state index contributed by atoms with van der Waals surface area (Å²) in [5.41, 5.74) is 3.31. The Kier molecular flexibility index (Phi) is 7.01. The molecule has 3 atom stereocenters. The third kappa shape index (κ3) is 5.14. The first-order valence-corrected chi connectivity index (χ1v) is 12.2. The number of allylic oxidation sites excluding steroid dienone is 3. The standard InChI is InChI=1S/C29H35N3O2/c1-20-11-9-17-30-25(20)28(34)32-18-10-16-24(26(32)21-12-6-5-7-13-21)27(33)31-23-15-8-14-22(19-23)29(2,3)4/h5-9,11-12,14-15,17,19,21,24,26H,10,13,16,18H2,1-4H3,(H,31,33)/t21-,24+,26?/m1/s1. The van der Waals surface area contributed by atoms with Crippen molar-refractivity contribution in [1.82, 2.24) is 9.88 Å². The quantitative estimate of drug-likeness (QED) is 0.643. The summed E-state index contributed by atoms with van der Waals surface area (Å²) in [4.78, 5) is 33.6. The van der Waals surface area contributed by atoms with E-state index in [9.17, 15) is 9.59 Å². The number of rotatable bonds is 4. The van der Waals surface area contributed by atoms with E-state index in [1.54, 1.807) is 6.20 Å². The molecular weight excluding hydrogens is 422 g/mol. The minimum Gasteiger partial charge on any atom is -0.333 e. The van der Waals surface area contributed by atoms with E-state index in [2.05, 4.69) is 55.4 Å². The zero-order chi connectivity index (χ0) is 24.3. The summed E-state index contributed by atoms with van der Waals surface area (Å²) < 4.78 is 0. The van der Waals surface area contributed by atoms with Crippen LogP contribution >= 0.6 is 0 Å². The van der Waals surface area contributed by atoms with Crippen LogP contribution in [0.2, 0.25) is 0 Å². The highest BCUT2D eigenvalue weighted by Crippen LogP contribution is 2.35. The van der Waals surface area contributed by atoms with Crippen molar-refractivity contribution in [2.75, 3.05) is 11.9 Å². The van der Waals surface area contributed by atoms with Crippen LogP contribution in [-0.2, 0) is 10.2 Å². The molecule has 1 aliphatic carbocycles. The number of piperidine rings is 1. The van der Waals surface area contributed by atoms with Crippen molar-refractivity contribution in [2.45, 2.75) is 58.4 Å². The van der Waals surface area contributed by atoms with E-state index in [0.29, 0.717) is 12.2 Å². The number of nitrogens with zero attached hydrogens (tertiary/aromatic N) is 2. The Bertz CT molecular complexity index is 1110. The SMILES string of the molecule is Cc1cccnc1C(=O)N1CCC[C@H](C(=O)Nc2cccc(C(C)(C)C)c2)C1[C@@H]1C=CC=CC1. The number of pyridine rings is 1. The van der Waals surface area contributed by atoms with Crippen molar-refractivity contribution in [1.29, 1.82) is 0 Å². The van der Waals surface area contributed by atoms with Crippen molar-refractivity contribution in [3.8, 4) is 0 Å². The van der Waals surface area contributed by atoms with Gasteiger partial charge in [0, 0.05) is 24.3 Å². The molecule has 1 unspecified atom stereocenters. The van der Waals surface area contributed by atoms with Gasteiger partial charge in [-0.1, -0.05) is 63.3 Å². The first kappa shape index (κ1) is 23.9. The molecule has 1 fully saturated rings. The molecule has 2 aliphatic rings. The molecule has 1 aliphatic heterocycles. The number of benzene rings is 1. The van der Waals surface area contributed by atoms with E-state index in [-0.39, 0.29) is 35.1 Å². The van der Waals surface area contributed by atoms with Crippen LogP contribution in [0.15, 0.2) is 66.9 Å². The second-order valence-corrected chi connectivity index (χ2v) is 10.4. The maximum atomic E-state index is 13.6. The van der Waals surface area contributed by atoms with Crippen molar-refractivity contribution >= 4 is 17.5 Å². The molecule has 0 bridgehead atoms. The molecule has 1 N–H and O–H groups in total. The number of aromatic nitrogens is 1. The highest BCUT2D eigenvalue weighted by Gasteiger charge is 2.42. The number of aryl methyl sites for hydroxylation is 1. The number of hydrogen-bond donors (Lipinski definition) is 1. The van der Waals surface area contributed by atoms with E-state index < -0.39 is 0 Å². The Morgan fingerprint density at radius 1 is 1.12 bits per heavy atom. The highest BCUT2D eigenvalue weighted by atomic mass is 16.2. The van der Waals surface area contributed by atoms with Gasteiger partial charge in [0.15, 0.2) is 0 Å². The average molecular weight is 458 g/mol. The Morgan fingerprint density at radius 3 is 2.65 bits per heavy atom. The van der Waals surface area contributed by atoms with Gasteiger partial charge in [0.05, 0.1) is 12.0 Å². The fourth-order valence-electron chi connectivity index (χ4n) is 5.07. The molecule has 5 nitrogen and oxygen atoms in total. The largest absolute Gasteiger partial charge is 0.333 e. The van der Waals surface area contributed by atoms with Gasteiger partial charge in [-0.15, -0.1) is 0 Å². The third-order valence-corrected chi connectivity index (χ3v) is 6.94. The number of hydrogen-bond acceptors (Lipinski definition) is 3. The molecule has 5 heteroatoms. The van der Waals surface area contributed by atoms with Gasteiger partial charge in [0.1, 0.15) is 5.69 Å². The maximum Gasteiger partial charge on any atom is 0.273 e. The third-order valence-electron chi connectivity index (χ3n) is 6.94. The van der Waals surface area contributed by atoms with Crippen LogP contribution in [0.25, 0.3) is 0 Å². The molecule has 2 amide bonds. The molecule has 34 heavy (non-hydrogen) atoms. The lowest BCUT2D eigenvalue weighted by Gasteiger charge is -2.44. The van der Waals surface area contributed by atoms with Crippen LogP contribution in [0.1, 0.15) is 61.6 Å². The maximum absolute atomic E-state index is 13.6. The number of carbonyl (C=O) groups excluding carboxylic acids is 2. The van der Waals surface area contributed by atoms with Crippen molar-refractivity contribution in [3.05, 3.63) is 83.7 Å². The number of nitrogens with one attached hydrogen (secondary N) is 1. The smallest absolute Gasteiger partial charge is 0.273 e. The monoisotopic (exact) mass is 457 g/mol. The molecule has 2 aromatic rings. The summed E-state index contributed by atoms with van der Waals surface area (Å²) in [6.45, 7) is 9.04. The van der Waals surface area contributed by atoms with Crippen LogP contribution in [0.5, 0.6) is 0 Å². The Hall–Kier alpha value is -3.21. The lowest BCUT2D eigenvalue weighted by molar-refractivity contribution is -0.123. The number of likely N-dealkylation sites (tertiary alicyclic amines) is 1. The number of anilines is 1. The average Bonchev–Trinajstić information content (AvgIpc) is 2.83. The zero-order valence-corrected chi connectivity index (χ0v) is 20.6. The minimum atomic E-state index is -0.291. The van der Waals surface area contributed by atoms with E-state index >= 15 is 0 Å². The first-order valence-electron chi connectivity index (χ1n) is 12.2. The molecule has 0 saturated carbocycles. The van der Waals surface area contributed by atoms with Crippen LogP contribution in [0.4, 0.5) is 5.69 Å². The van der Waals surface area contributed by atoms with Crippen molar-refractivity contribution in [2.24, 2.45) is 11.8 Å². The van der Waals surface area contributed by atoms with Gasteiger partial charge in [-0.2, -0.15) is 0 Å². The van der Waals surface area contributed by atoms with Gasteiger partial charge < -0.3 is 10.2 Å². The van der Waals surface area contributed by atoms with Gasteiger partial charge >= 0.3 is 0 Å². The first-order chi connectivity index (χ1) is 16.3. The lowest BCUT2D eigenvalue weighted by Crippen LogP contribution is -2.55. The molecule has 2 heterocycles. The van der Waals surface area contributed by atoms with E-state index in [1.165, 1.54) is 5.56 Å². The molecule has 0 spiro atoms. The fourth-order valence-corrected chi connectivity index (χ4v) is 5.07. The molecule has 0 radical (unpaired) electrons. The molecule has 1 saturated heterocycles. The molecule has 4 rings (SSSR count). The van der Waals surface area contributed by atoms with Crippen LogP contribution in [0.3, 0.4) is 0 Å². The van der Waals surface area contributed by atoms with Crippen LogP contribution in [0, 0.1) is 18.8 Å². The molecule has 1 aromatic carbocycles. The van der Waals surface area contributed by atoms with E-state index in [0.717, 1.165) is 30.5 Å². The highest BCUT2D eigenvalue weighted by molar-refractivity contribution is 5.96. The van der Waals surface area contributed by atoms with Crippen LogP contribution in [-0.4, -0.2) is 34.3 Å². The molecular formula is C29H35N3O2. The normalized spacial score (nSPS) is 22.5. The topological polar surface area (TPSA) is 62.3 Å². The minimum absolute atomic E-state index is 0.00288. The number of carbonyl (C=O) groups is 2. The predicted octanol–water partition coefficient (Wildman–Crippen LogP) is 5.68. The summed E-state index contributed by atoms with van der Waals surface area (Å²) in [6, 6.07) is 11.6. The summed E-state index contributed by atoms with van der Waals surface area (Å²) in [6.07, 6.45) is 12.3. The Labute approximate surface area is 203 Å². The molecule has 178 valence electrons. The van der Waals surface area contributed by atoms with Gasteiger partial charge in [0.2, 0.25) is 5.91 Å². The summed E-state index contributed by atoms with van der Waals surface area (Å²) in [5, 5.41) is 3.17. The van der Waals surface area contributed by atoms with Gasteiger partial charge in [0.25, 0.3) is 5.91 Å². The summed E-state index contributed by atoms with van der Waals surface area (Å²) in [5.74, 6) is -0.302. The van der Waals surface area contributed by atoms with Crippen molar-refractivity contribution < 1.29 is 9.59 Å². The van der Waals surface area contributed by atoms with Gasteiger partial charge in [-0.3, -0.25) is 14.6 Å². The molecule has 1 aromatic heterocycles. The summed E-state index contributed by atoms with van der Waals surface area (Å²) in [7, 11) is 0. The van der Waals surface area contributed by atoms with Crippen molar-refractivity contribution in [3.63, 3.8) is 0 Å². The van der Waals surface area contributed by atoms with Gasteiger partial charge in [-0.05, 0) is 60.9 Å². The second kappa shape index (κ2) is 9.96. The number of amides is 2.